The van der Waals surface area contributed by atoms with E-state index in [1.807, 2.05) is 0 Å². The van der Waals surface area contributed by atoms with Crippen molar-refractivity contribution < 1.29 is 19.5 Å². The fourth-order valence-corrected chi connectivity index (χ4v) is 1.11. The van der Waals surface area contributed by atoms with Crippen molar-refractivity contribution in [1.82, 2.24) is 0 Å². The van der Waals surface area contributed by atoms with Gasteiger partial charge in [0.2, 0.25) is 0 Å². The predicted molar refractivity (Wildman–Crippen MR) is 58.8 cm³/mol. The molecule has 0 spiro atoms. The highest BCUT2D eigenvalue weighted by Crippen LogP contribution is 2.13. The summed E-state index contributed by atoms with van der Waals surface area (Å²) in [5, 5.41) is 12.5. The molecule has 0 aliphatic rings. The minimum absolute atomic E-state index is 0.138. The van der Waals surface area contributed by atoms with E-state index in [0.717, 1.165) is 0 Å². The monoisotopic (exact) mass is 223 g/mol. The second-order valence-electron chi connectivity index (χ2n) is 2.89. The Labute approximate surface area is 93.3 Å². The lowest BCUT2D eigenvalue weighted by atomic mass is 10.1. The van der Waals surface area contributed by atoms with Crippen LogP contribution in [0.5, 0.6) is 5.75 Å². The normalized spacial score (nSPS) is 11.0. The van der Waals surface area contributed by atoms with Gasteiger partial charge in [-0.2, -0.15) is 0 Å². The molecular formula is C11H13NO4. The Bertz CT molecular complexity index is 401. The molecule has 0 unspecified atom stereocenters. The summed E-state index contributed by atoms with van der Waals surface area (Å²) in [6.07, 6.45) is 0. The molecular weight excluding hydrogens is 210 g/mol. The molecule has 0 aliphatic carbocycles. The summed E-state index contributed by atoms with van der Waals surface area (Å²) in [6.45, 7) is 2.05. The van der Waals surface area contributed by atoms with E-state index in [1.54, 1.807) is 31.2 Å². The molecule has 0 radical (unpaired) electrons. The SMILES string of the molecule is CCO/N=C(\C(=O)O)c1cccc(OC)c1. The third kappa shape index (κ3) is 2.98. The standard InChI is InChI=1S/C11H13NO4/c1-3-16-12-10(11(13)14)8-5-4-6-9(7-8)15-2/h4-7H,3H2,1-2H3,(H,13,14)/b12-10-. The Morgan fingerprint density at radius 3 is 2.81 bits per heavy atom. The van der Waals surface area contributed by atoms with E-state index >= 15 is 0 Å². The minimum atomic E-state index is -1.14. The molecule has 0 atom stereocenters. The van der Waals surface area contributed by atoms with Crippen molar-refractivity contribution in [3.05, 3.63) is 29.8 Å². The first-order chi connectivity index (χ1) is 7.69. The molecule has 0 amide bonds. The van der Waals surface area contributed by atoms with Gasteiger partial charge in [0.1, 0.15) is 12.4 Å². The molecule has 1 N–H and O–H groups in total. The van der Waals surface area contributed by atoms with Crippen LogP contribution < -0.4 is 4.74 Å². The van der Waals surface area contributed by atoms with Crippen molar-refractivity contribution in [3.8, 4) is 5.75 Å². The first kappa shape index (κ1) is 12.0. The van der Waals surface area contributed by atoms with E-state index in [9.17, 15) is 4.79 Å². The third-order valence-electron chi connectivity index (χ3n) is 1.83. The van der Waals surface area contributed by atoms with E-state index in [4.69, 9.17) is 14.7 Å². The maximum absolute atomic E-state index is 11.0. The molecule has 5 nitrogen and oxygen atoms in total. The second kappa shape index (κ2) is 5.75. The lowest BCUT2D eigenvalue weighted by molar-refractivity contribution is -0.129. The Kier molecular flexibility index (Phi) is 4.32. The number of hydrogen-bond donors (Lipinski definition) is 1. The summed E-state index contributed by atoms with van der Waals surface area (Å²) < 4.78 is 5.00. The van der Waals surface area contributed by atoms with E-state index in [0.29, 0.717) is 17.9 Å². The molecule has 5 heteroatoms. The first-order valence-electron chi connectivity index (χ1n) is 4.76. The largest absolute Gasteiger partial charge is 0.497 e. The average molecular weight is 223 g/mol. The summed E-state index contributed by atoms with van der Waals surface area (Å²) in [5.41, 5.74) is 0.307. The fraction of sp³-hybridized carbons (Fsp3) is 0.273. The zero-order valence-electron chi connectivity index (χ0n) is 9.14. The molecule has 1 aromatic rings. The van der Waals surface area contributed by atoms with Crippen LogP contribution in [0.25, 0.3) is 0 Å². The van der Waals surface area contributed by atoms with Gasteiger partial charge in [-0.15, -0.1) is 0 Å². The van der Waals surface area contributed by atoms with Crippen LogP contribution in [-0.4, -0.2) is 30.5 Å². The highest BCUT2D eigenvalue weighted by atomic mass is 16.6. The van der Waals surface area contributed by atoms with Crippen molar-refractivity contribution in [2.75, 3.05) is 13.7 Å². The number of benzene rings is 1. The highest BCUT2D eigenvalue weighted by molar-refractivity contribution is 6.42. The molecule has 0 saturated carbocycles. The number of nitrogens with zero attached hydrogens (tertiary/aromatic N) is 1. The van der Waals surface area contributed by atoms with E-state index < -0.39 is 5.97 Å². The van der Waals surface area contributed by atoms with Gasteiger partial charge in [-0.05, 0) is 19.1 Å². The van der Waals surface area contributed by atoms with E-state index in [-0.39, 0.29) is 5.71 Å². The van der Waals surface area contributed by atoms with Crippen molar-refractivity contribution in [1.29, 1.82) is 0 Å². The summed E-state index contributed by atoms with van der Waals surface area (Å²) in [6, 6.07) is 6.64. The summed E-state index contributed by atoms with van der Waals surface area (Å²) >= 11 is 0. The number of methoxy groups -OCH3 is 1. The Morgan fingerprint density at radius 2 is 2.25 bits per heavy atom. The second-order valence-corrected chi connectivity index (χ2v) is 2.89. The zero-order chi connectivity index (χ0) is 12.0. The van der Waals surface area contributed by atoms with Crippen molar-refractivity contribution in [3.63, 3.8) is 0 Å². The number of hydrogen-bond acceptors (Lipinski definition) is 4. The molecule has 16 heavy (non-hydrogen) atoms. The van der Waals surface area contributed by atoms with Crippen molar-refractivity contribution in [2.24, 2.45) is 5.16 Å². The number of aliphatic carboxylic acids is 1. The Hall–Kier alpha value is -2.04. The van der Waals surface area contributed by atoms with Gasteiger partial charge in [0.05, 0.1) is 7.11 Å². The van der Waals surface area contributed by atoms with Gasteiger partial charge in [0, 0.05) is 5.56 Å². The van der Waals surface area contributed by atoms with Crippen molar-refractivity contribution >= 4 is 11.7 Å². The lowest BCUT2D eigenvalue weighted by Crippen LogP contribution is -2.15. The maximum atomic E-state index is 11.0. The summed E-state index contributed by atoms with van der Waals surface area (Å²) in [7, 11) is 1.51. The summed E-state index contributed by atoms with van der Waals surface area (Å²) in [5.74, 6) is -0.565. The number of carboxylic acids is 1. The average Bonchev–Trinajstić information content (AvgIpc) is 2.29. The Balaban J connectivity index is 3.06. The van der Waals surface area contributed by atoms with Crippen LogP contribution in [0.4, 0.5) is 0 Å². The smallest absolute Gasteiger partial charge is 0.358 e. The molecule has 0 heterocycles. The van der Waals surface area contributed by atoms with Gasteiger partial charge in [-0.1, -0.05) is 17.3 Å². The zero-order valence-corrected chi connectivity index (χ0v) is 9.14. The van der Waals surface area contributed by atoms with Gasteiger partial charge in [-0.25, -0.2) is 4.79 Å². The Morgan fingerprint density at radius 1 is 1.50 bits per heavy atom. The van der Waals surface area contributed by atoms with Crippen molar-refractivity contribution in [2.45, 2.75) is 6.92 Å². The molecule has 0 saturated heterocycles. The van der Waals surface area contributed by atoms with Crippen LogP contribution >= 0.6 is 0 Å². The van der Waals surface area contributed by atoms with Crippen LogP contribution in [0.2, 0.25) is 0 Å². The van der Waals surface area contributed by atoms with Gasteiger partial charge >= 0.3 is 5.97 Å². The number of carboxylic acid groups (broad SMARTS) is 1. The molecule has 0 bridgehead atoms. The number of rotatable bonds is 5. The third-order valence-corrected chi connectivity index (χ3v) is 1.83. The van der Waals surface area contributed by atoms with Gasteiger partial charge in [0.25, 0.3) is 0 Å². The summed E-state index contributed by atoms with van der Waals surface area (Å²) in [4.78, 5) is 15.7. The molecule has 0 aliphatic heterocycles. The molecule has 0 aromatic heterocycles. The minimum Gasteiger partial charge on any atom is -0.497 e. The van der Waals surface area contributed by atoms with Gasteiger partial charge in [0.15, 0.2) is 5.71 Å². The predicted octanol–water partition coefficient (Wildman–Crippen LogP) is 1.52. The molecule has 1 rings (SSSR count). The van der Waals surface area contributed by atoms with E-state index in [2.05, 4.69) is 5.16 Å². The van der Waals surface area contributed by atoms with Crippen LogP contribution in [0.1, 0.15) is 12.5 Å². The number of carbonyl (C=O) groups is 1. The van der Waals surface area contributed by atoms with E-state index in [1.165, 1.54) is 7.11 Å². The maximum Gasteiger partial charge on any atom is 0.358 e. The van der Waals surface area contributed by atoms with Crippen LogP contribution in [-0.2, 0) is 9.63 Å². The van der Waals surface area contributed by atoms with Crippen LogP contribution in [0, 0.1) is 0 Å². The topological polar surface area (TPSA) is 68.1 Å². The first-order valence-corrected chi connectivity index (χ1v) is 4.76. The molecule has 1 aromatic carbocycles. The van der Waals surface area contributed by atoms with Crippen LogP contribution in [0.15, 0.2) is 29.4 Å². The fourth-order valence-electron chi connectivity index (χ4n) is 1.11. The number of oxime groups is 1. The molecule has 0 fully saturated rings. The van der Waals surface area contributed by atoms with Crippen LogP contribution in [0.3, 0.4) is 0 Å². The lowest BCUT2D eigenvalue weighted by Gasteiger charge is -2.04. The van der Waals surface area contributed by atoms with Gasteiger partial charge in [-0.3, -0.25) is 0 Å². The van der Waals surface area contributed by atoms with Gasteiger partial charge < -0.3 is 14.7 Å². The highest BCUT2D eigenvalue weighted by Gasteiger charge is 2.14. The number of ether oxygens (including phenoxy) is 1. The quantitative estimate of drug-likeness (QED) is 0.607. The molecule has 86 valence electrons.